The van der Waals surface area contributed by atoms with Crippen molar-refractivity contribution < 1.29 is 0 Å². The topological polar surface area (TPSA) is 84.6 Å². The van der Waals surface area contributed by atoms with Gasteiger partial charge in [0.15, 0.2) is 11.5 Å². The Kier molecular flexibility index (Phi) is 4.64. The van der Waals surface area contributed by atoms with Crippen LogP contribution in [0.25, 0.3) is 16.9 Å². The molecule has 0 saturated heterocycles. The molecule has 1 aromatic carbocycles. The zero-order chi connectivity index (χ0) is 17.3. The van der Waals surface area contributed by atoms with Crippen molar-refractivity contribution in [3.63, 3.8) is 0 Å². The molecule has 0 aliphatic heterocycles. The highest BCUT2D eigenvalue weighted by atomic mass is 32.1. The van der Waals surface area contributed by atoms with Gasteiger partial charge in [0.2, 0.25) is 4.77 Å². The zero-order valence-electron chi connectivity index (χ0n) is 14.1. The average molecular weight is 342 g/mol. The fourth-order valence-electron chi connectivity index (χ4n) is 2.58. The molecule has 3 aromatic rings. The van der Waals surface area contributed by atoms with Gasteiger partial charge in [-0.25, -0.2) is 9.97 Å². The Hall–Kier alpha value is -2.25. The summed E-state index contributed by atoms with van der Waals surface area (Å²) in [6.45, 7) is 7.52. The first-order valence-corrected chi connectivity index (χ1v) is 8.51. The van der Waals surface area contributed by atoms with Gasteiger partial charge in [-0.1, -0.05) is 26.0 Å². The second-order valence-electron chi connectivity index (χ2n) is 5.95. The van der Waals surface area contributed by atoms with Gasteiger partial charge in [-0.3, -0.25) is 4.57 Å². The van der Waals surface area contributed by atoms with Gasteiger partial charge in [0.05, 0.1) is 5.69 Å². The van der Waals surface area contributed by atoms with Crippen LogP contribution in [-0.2, 0) is 6.54 Å². The number of imidazole rings is 1. The highest BCUT2D eigenvalue weighted by molar-refractivity contribution is 7.71. The maximum atomic E-state index is 5.68. The number of fused-ring (bicyclic) bond motifs is 1. The molecule has 0 aliphatic rings. The van der Waals surface area contributed by atoms with E-state index in [9.17, 15) is 0 Å². The van der Waals surface area contributed by atoms with Crippen LogP contribution in [0.2, 0.25) is 0 Å². The SMILES string of the molecule is CCNc1nc(=S)n(-c2ccc(CN)cc2)c2nc(C(C)C)[nH]c12. The molecule has 126 valence electrons. The number of benzene rings is 1. The third kappa shape index (κ3) is 2.92. The summed E-state index contributed by atoms with van der Waals surface area (Å²) in [7, 11) is 0. The number of hydrogen-bond acceptors (Lipinski definition) is 5. The highest BCUT2D eigenvalue weighted by Crippen LogP contribution is 2.25. The van der Waals surface area contributed by atoms with E-state index in [1.54, 1.807) is 0 Å². The summed E-state index contributed by atoms with van der Waals surface area (Å²) in [5, 5.41) is 3.26. The largest absolute Gasteiger partial charge is 0.368 e. The van der Waals surface area contributed by atoms with Crippen molar-refractivity contribution in [2.45, 2.75) is 33.2 Å². The van der Waals surface area contributed by atoms with Gasteiger partial charge >= 0.3 is 0 Å². The number of nitrogens with one attached hydrogen (secondary N) is 2. The fraction of sp³-hybridized carbons (Fsp3) is 0.353. The van der Waals surface area contributed by atoms with Crippen molar-refractivity contribution >= 4 is 29.2 Å². The number of aromatic nitrogens is 4. The molecule has 2 aromatic heterocycles. The van der Waals surface area contributed by atoms with Gasteiger partial charge in [-0.2, -0.15) is 0 Å². The molecule has 0 spiro atoms. The molecule has 0 unspecified atom stereocenters. The van der Waals surface area contributed by atoms with Crippen LogP contribution in [0.1, 0.15) is 38.1 Å². The molecule has 0 amide bonds. The predicted octanol–water partition coefficient (Wildman–Crippen LogP) is 3.49. The lowest BCUT2D eigenvalue weighted by Crippen LogP contribution is -2.07. The Morgan fingerprint density at radius 2 is 1.96 bits per heavy atom. The van der Waals surface area contributed by atoms with E-state index in [1.807, 2.05) is 35.8 Å². The molecular formula is C17H22N6S. The molecule has 0 saturated carbocycles. The molecule has 24 heavy (non-hydrogen) atoms. The summed E-state index contributed by atoms with van der Waals surface area (Å²) in [4.78, 5) is 12.7. The van der Waals surface area contributed by atoms with E-state index in [0.717, 1.165) is 40.6 Å². The molecule has 0 bridgehead atoms. The number of nitrogens with two attached hydrogens (primary N) is 1. The van der Waals surface area contributed by atoms with Gasteiger partial charge in [0.25, 0.3) is 0 Å². The standard InChI is InChI=1S/C17H22N6S/c1-4-19-15-13-16(21-14(20-13)10(2)3)23(17(24)22-15)12-7-5-11(9-18)6-8-12/h5-8,10H,4,9,18H2,1-3H3,(H,20,21)(H,19,22,24). The summed E-state index contributed by atoms with van der Waals surface area (Å²) in [6, 6.07) is 7.99. The Morgan fingerprint density at radius 1 is 1.25 bits per heavy atom. The van der Waals surface area contributed by atoms with E-state index in [2.05, 4.69) is 29.1 Å². The molecule has 6 nitrogen and oxygen atoms in total. The Labute approximate surface area is 146 Å². The van der Waals surface area contributed by atoms with E-state index in [4.69, 9.17) is 22.9 Å². The maximum Gasteiger partial charge on any atom is 0.207 e. The molecule has 0 atom stereocenters. The number of rotatable bonds is 5. The molecule has 7 heteroatoms. The van der Waals surface area contributed by atoms with Gasteiger partial charge in [-0.05, 0) is 36.8 Å². The fourth-order valence-corrected chi connectivity index (χ4v) is 2.87. The number of nitrogens with zero attached hydrogens (tertiary/aromatic N) is 3. The first kappa shape index (κ1) is 16.6. The second-order valence-corrected chi connectivity index (χ2v) is 6.32. The number of aromatic amines is 1. The molecule has 3 rings (SSSR count). The smallest absolute Gasteiger partial charge is 0.207 e. The lowest BCUT2D eigenvalue weighted by Gasteiger charge is -2.11. The van der Waals surface area contributed by atoms with Crippen molar-refractivity contribution in [1.82, 2.24) is 19.5 Å². The van der Waals surface area contributed by atoms with Crippen LogP contribution >= 0.6 is 12.2 Å². The predicted molar refractivity (Wildman–Crippen MR) is 100 cm³/mol. The number of H-pyrrole nitrogens is 1. The van der Waals surface area contributed by atoms with Gasteiger partial charge in [0, 0.05) is 19.0 Å². The maximum absolute atomic E-state index is 5.68. The minimum absolute atomic E-state index is 0.286. The third-order valence-electron chi connectivity index (χ3n) is 3.87. The number of hydrogen-bond donors (Lipinski definition) is 3. The molecular weight excluding hydrogens is 320 g/mol. The zero-order valence-corrected chi connectivity index (χ0v) is 14.9. The Balaban J connectivity index is 2.28. The van der Waals surface area contributed by atoms with E-state index >= 15 is 0 Å². The normalized spacial score (nSPS) is 11.4. The van der Waals surface area contributed by atoms with Crippen LogP contribution in [-0.4, -0.2) is 26.1 Å². The summed E-state index contributed by atoms with van der Waals surface area (Å²) >= 11 is 5.53. The second kappa shape index (κ2) is 6.70. The van der Waals surface area contributed by atoms with Crippen LogP contribution < -0.4 is 11.1 Å². The summed E-state index contributed by atoms with van der Waals surface area (Å²) < 4.78 is 2.37. The van der Waals surface area contributed by atoms with Crippen LogP contribution in [0.4, 0.5) is 5.82 Å². The van der Waals surface area contributed by atoms with Gasteiger partial charge in [-0.15, -0.1) is 0 Å². The molecule has 2 heterocycles. The minimum atomic E-state index is 0.286. The minimum Gasteiger partial charge on any atom is -0.368 e. The van der Waals surface area contributed by atoms with Crippen molar-refractivity contribution in [2.24, 2.45) is 5.73 Å². The van der Waals surface area contributed by atoms with Crippen LogP contribution in [0.15, 0.2) is 24.3 Å². The van der Waals surface area contributed by atoms with Crippen molar-refractivity contribution in [1.29, 1.82) is 0 Å². The van der Waals surface area contributed by atoms with Crippen LogP contribution in [0, 0.1) is 4.77 Å². The number of anilines is 1. The van der Waals surface area contributed by atoms with Crippen molar-refractivity contribution in [3.05, 3.63) is 40.4 Å². The first-order chi connectivity index (χ1) is 11.5. The monoisotopic (exact) mass is 342 g/mol. The third-order valence-corrected chi connectivity index (χ3v) is 4.15. The van der Waals surface area contributed by atoms with E-state index in [1.165, 1.54) is 0 Å². The molecule has 0 radical (unpaired) electrons. The van der Waals surface area contributed by atoms with E-state index in [0.29, 0.717) is 11.3 Å². The van der Waals surface area contributed by atoms with E-state index in [-0.39, 0.29) is 5.92 Å². The lowest BCUT2D eigenvalue weighted by atomic mass is 10.2. The Morgan fingerprint density at radius 3 is 2.54 bits per heavy atom. The summed E-state index contributed by atoms with van der Waals surface area (Å²) in [6.07, 6.45) is 0. The first-order valence-electron chi connectivity index (χ1n) is 8.11. The molecule has 4 N–H and O–H groups in total. The van der Waals surface area contributed by atoms with Gasteiger partial charge < -0.3 is 16.0 Å². The quantitative estimate of drug-likeness (QED) is 0.618. The van der Waals surface area contributed by atoms with Gasteiger partial charge in [0.1, 0.15) is 11.3 Å². The van der Waals surface area contributed by atoms with Crippen molar-refractivity contribution in [2.75, 3.05) is 11.9 Å². The lowest BCUT2D eigenvalue weighted by molar-refractivity contribution is 0.797. The highest BCUT2D eigenvalue weighted by Gasteiger charge is 2.16. The van der Waals surface area contributed by atoms with Crippen LogP contribution in [0.3, 0.4) is 0 Å². The Bertz CT molecular complexity index is 907. The van der Waals surface area contributed by atoms with Crippen LogP contribution in [0.5, 0.6) is 0 Å². The molecule has 0 fully saturated rings. The van der Waals surface area contributed by atoms with E-state index < -0.39 is 0 Å². The van der Waals surface area contributed by atoms with Crippen molar-refractivity contribution in [3.8, 4) is 5.69 Å². The molecule has 0 aliphatic carbocycles. The summed E-state index contributed by atoms with van der Waals surface area (Å²) in [5.74, 6) is 1.94. The summed E-state index contributed by atoms with van der Waals surface area (Å²) in [5.41, 5.74) is 9.35. The average Bonchev–Trinajstić information content (AvgIpc) is 3.01.